The lowest BCUT2D eigenvalue weighted by molar-refractivity contribution is 0.0940. The third kappa shape index (κ3) is 4.63. The van der Waals surface area contributed by atoms with Crippen molar-refractivity contribution in [1.29, 1.82) is 0 Å². The molecule has 2 saturated heterocycles. The summed E-state index contributed by atoms with van der Waals surface area (Å²) in [5.74, 6) is 0. The first-order chi connectivity index (χ1) is 9.69. The predicted octanol–water partition coefficient (Wildman–Crippen LogP) is 1.68. The number of piperidine rings is 1. The van der Waals surface area contributed by atoms with Gasteiger partial charge in [-0.3, -0.25) is 0 Å². The van der Waals surface area contributed by atoms with Crippen molar-refractivity contribution in [2.75, 3.05) is 39.8 Å². The summed E-state index contributed by atoms with van der Waals surface area (Å²) in [6.07, 6.45) is 5.76. The molecule has 0 aliphatic carbocycles. The van der Waals surface area contributed by atoms with Crippen LogP contribution in [0.2, 0.25) is 0 Å². The Labute approximate surface area is 122 Å². The van der Waals surface area contributed by atoms with Crippen LogP contribution in [0.25, 0.3) is 0 Å². The molecule has 2 heterocycles. The van der Waals surface area contributed by atoms with Crippen LogP contribution in [0, 0.1) is 0 Å². The summed E-state index contributed by atoms with van der Waals surface area (Å²) in [5, 5.41) is 3.80. The summed E-state index contributed by atoms with van der Waals surface area (Å²) < 4.78 is 5.06. The van der Waals surface area contributed by atoms with E-state index in [9.17, 15) is 4.79 Å². The third-order valence-electron chi connectivity index (χ3n) is 4.44. The number of ether oxygens (including phenoxy) is 1. The molecule has 0 aromatic carbocycles. The number of hydrogen-bond acceptors (Lipinski definition) is 4. The molecule has 0 aromatic heterocycles. The molecule has 5 heteroatoms. The first kappa shape index (κ1) is 15.6. The zero-order chi connectivity index (χ0) is 14.4. The van der Waals surface area contributed by atoms with E-state index in [1.807, 2.05) is 11.8 Å². The predicted molar refractivity (Wildman–Crippen MR) is 79.9 cm³/mol. The maximum absolute atomic E-state index is 11.7. The highest BCUT2D eigenvalue weighted by Gasteiger charge is 2.25. The van der Waals surface area contributed by atoms with Gasteiger partial charge in [-0.05, 0) is 59.2 Å². The number of carbonyl (C=O) groups is 1. The van der Waals surface area contributed by atoms with Crippen LogP contribution in [0.15, 0.2) is 0 Å². The van der Waals surface area contributed by atoms with Gasteiger partial charge < -0.3 is 19.9 Å². The molecule has 2 aliphatic rings. The van der Waals surface area contributed by atoms with Crippen molar-refractivity contribution < 1.29 is 9.53 Å². The SMILES string of the molecule is CCOC(=O)N1CCC(NC2CCCN(C)CC2)CC1. The van der Waals surface area contributed by atoms with Gasteiger partial charge in [0.2, 0.25) is 0 Å². The maximum atomic E-state index is 11.7. The third-order valence-corrected chi connectivity index (χ3v) is 4.44. The van der Waals surface area contributed by atoms with Gasteiger partial charge in [-0.1, -0.05) is 0 Å². The number of nitrogens with zero attached hydrogens (tertiary/aromatic N) is 2. The average molecular weight is 283 g/mol. The van der Waals surface area contributed by atoms with E-state index in [2.05, 4.69) is 17.3 Å². The molecular weight excluding hydrogens is 254 g/mol. The molecule has 0 saturated carbocycles. The minimum absolute atomic E-state index is 0.151. The van der Waals surface area contributed by atoms with Crippen molar-refractivity contribution in [1.82, 2.24) is 15.1 Å². The fourth-order valence-corrected chi connectivity index (χ4v) is 3.18. The van der Waals surface area contributed by atoms with Gasteiger partial charge >= 0.3 is 6.09 Å². The molecule has 0 bridgehead atoms. The van der Waals surface area contributed by atoms with Crippen LogP contribution in [0.4, 0.5) is 4.79 Å². The minimum atomic E-state index is -0.151. The van der Waals surface area contributed by atoms with Crippen molar-refractivity contribution in [3.05, 3.63) is 0 Å². The summed E-state index contributed by atoms with van der Waals surface area (Å²) in [6.45, 7) is 6.38. The van der Waals surface area contributed by atoms with Crippen molar-refractivity contribution in [3.63, 3.8) is 0 Å². The fraction of sp³-hybridized carbons (Fsp3) is 0.933. The summed E-state index contributed by atoms with van der Waals surface area (Å²) in [7, 11) is 2.21. The molecule has 1 unspecified atom stereocenters. The Hall–Kier alpha value is -0.810. The Balaban J connectivity index is 1.70. The van der Waals surface area contributed by atoms with Crippen LogP contribution in [0.3, 0.4) is 0 Å². The van der Waals surface area contributed by atoms with Crippen LogP contribution >= 0.6 is 0 Å². The lowest BCUT2D eigenvalue weighted by Gasteiger charge is -2.33. The molecule has 5 nitrogen and oxygen atoms in total. The molecule has 1 amide bonds. The number of carbonyl (C=O) groups excluding carboxylic acids is 1. The van der Waals surface area contributed by atoms with E-state index in [1.54, 1.807) is 0 Å². The number of nitrogens with one attached hydrogen (secondary N) is 1. The lowest BCUT2D eigenvalue weighted by Crippen LogP contribution is -2.48. The van der Waals surface area contributed by atoms with E-state index in [0.29, 0.717) is 18.7 Å². The summed E-state index contributed by atoms with van der Waals surface area (Å²) >= 11 is 0. The zero-order valence-corrected chi connectivity index (χ0v) is 12.9. The lowest BCUT2D eigenvalue weighted by atomic mass is 10.0. The normalized spacial score (nSPS) is 26.3. The van der Waals surface area contributed by atoms with E-state index >= 15 is 0 Å². The Morgan fingerprint density at radius 3 is 2.45 bits per heavy atom. The molecule has 2 rings (SSSR count). The van der Waals surface area contributed by atoms with Crippen molar-refractivity contribution in [2.45, 2.75) is 51.1 Å². The monoisotopic (exact) mass is 283 g/mol. The van der Waals surface area contributed by atoms with Gasteiger partial charge in [-0.15, -0.1) is 0 Å². The Kier molecular flexibility index (Phi) is 6.10. The molecule has 1 N–H and O–H groups in total. The number of hydrogen-bond donors (Lipinski definition) is 1. The van der Waals surface area contributed by atoms with E-state index in [0.717, 1.165) is 25.9 Å². The van der Waals surface area contributed by atoms with Crippen LogP contribution in [0.5, 0.6) is 0 Å². The second kappa shape index (κ2) is 7.84. The summed E-state index contributed by atoms with van der Waals surface area (Å²) in [6, 6.07) is 1.22. The zero-order valence-electron chi connectivity index (χ0n) is 12.9. The second-order valence-corrected chi connectivity index (χ2v) is 6.06. The van der Waals surface area contributed by atoms with Gasteiger partial charge in [0.1, 0.15) is 0 Å². The molecular formula is C15H29N3O2. The number of likely N-dealkylation sites (tertiary alicyclic amines) is 2. The molecule has 20 heavy (non-hydrogen) atoms. The Bertz CT molecular complexity index is 303. The van der Waals surface area contributed by atoms with E-state index < -0.39 is 0 Å². The molecule has 2 aliphatic heterocycles. The van der Waals surface area contributed by atoms with E-state index in [1.165, 1.54) is 32.4 Å². The molecule has 2 fully saturated rings. The topological polar surface area (TPSA) is 44.8 Å². The second-order valence-electron chi connectivity index (χ2n) is 6.06. The van der Waals surface area contributed by atoms with Crippen molar-refractivity contribution in [3.8, 4) is 0 Å². The maximum Gasteiger partial charge on any atom is 0.409 e. The fourth-order valence-electron chi connectivity index (χ4n) is 3.18. The quantitative estimate of drug-likeness (QED) is 0.856. The molecule has 0 radical (unpaired) electrons. The highest BCUT2D eigenvalue weighted by atomic mass is 16.6. The van der Waals surface area contributed by atoms with Crippen LogP contribution < -0.4 is 5.32 Å². The Morgan fingerprint density at radius 1 is 1.10 bits per heavy atom. The van der Waals surface area contributed by atoms with E-state index in [-0.39, 0.29) is 6.09 Å². The van der Waals surface area contributed by atoms with Crippen LogP contribution in [-0.2, 0) is 4.74 Å². The minimum Gasteiger partial charge on any atom is -0.450 e. The van der Waals surface area contributed by atoms with Gasteiger partial charge in [-0.25, -0.2) is 4.79 Å². The highest BCUT2D eigenvalue weighted by molar-refractivity contribution is 5.67. The number of amides is 1. The van der Waals surface area contributed by atoms with Gasteiger partial charge in [-0.2, -0.15) is 0 Å². The average Bonchev–Trinajstić information content (AvgIpc) is 2.65. The highest BCUT2D eigenvalue weighted by Crippen LogP contribution is 2.16. The molecule has 0 spiro atoms. The largest absolute Gasteiger partial charge is 0.450 e. The Morgan fingerprint density at radius 2 is 1.75 bits per heavy atom. The van der Waals surface area contributed by atoms with Gasteiger partial charge in [0.25, 0.3) is 0 Å². The van der Waals surface area contributed by atoms with Gasteiger partial charge in [0.05, 0.1) is 6.61 Å². The smallest absolute Gasteiger partial charge is 0.409 e. The van der Waals surface area contributed by atoms with Crippen LogP contribution in [-0.4, -0.2) is 67.8 Å². The molecule has 1 atom stereocenters. The number of rotatable bonds is 3. The van der Waals surface area contributed by atoms with Crippen LogP contribution in [0.1, 0.15) is 39.0 Å². The summed E-state index contributed by atoms with van der Waals surface area (Å²) in [4.78, 5) is 15.9. The standard InChI is InChI=1S/C15H29N3O2/c1-3-20-15(19)18-11-7-14(8-12-18)16-13-5-4-9-17(2)10-6-13/h13-14,16H,3-12H2,1-2H3. The first-order valence-corrected chi connectivity index (χ1v) is 8.05. The van der Waals surface area contributed by atoms with Gasteiger partial charge in [0, 0.05) is 25.2 Å². The van der Waals surface area contributed by atoms with E-state index in [4.69, 9.17) is 4.74 Å². The van der Waals surface area contributed by atoms with Crippen molar-refractivity contribution in [2.24, 2.45) is 0 Å². The summed E-state index contributed by atoms with van der Waals surface area (Å²) in [5.41, 5.74) is 0. The molecule has 116 valence electrons. The molecule has 0 aromatic rings. The van der Waals surface area contributed by atoms with Gasteiger partial charge in [0.15, 0.2) is 0 Å². The first-order valence-electron chi connectivity index (χ1n) is 8.05. The van der Waals surface area contributed by atoms with Crippen molar-refractivity contribution >= 4 is 6.09 Å².